The van der Waals surface area contributed by atoms with Crippen molar-refractivity contribution in [2.24, 2.45) is 0 Å². The topological polar surface area (TPSA) is 60.9 Å². The van der Waals surface area contributed by atoms with E-state index in [1.165, 1.54) is 9.80 Å². The van der Waals surface area contributed by atoms with Gasteiger partial charge >= 0.3 is 12.0 Å². The van der Waals surface area contributed by atoms with E-state index >= 15 is 0 Å². The summed E-state index contributed by atoms with van der Waals surface area (Å²) in [4.78, 5) is 25.1. The maximum absolute atomic E-state index is 11.7. The average Bonchev–Trinajstić information content (AvgIpc) is 2.24. The van der Waals surface area contributed by atoms with Gasteiger partial charge < -0.3 is 14.9 Å². The van der Waals surface area contributed by atoms with Crippen molar-refractivity contribution in [3.05, 3.63) is 0 Å². The molecule has 0 rings (SSSR count). The fourth-order valence-electron chi connectivity index (χ4n) is 1.23. The van der Waals surface area contributed by atoms with Crippen molar-refractivity contribution < 1.29 is 14.7 Å². The largest absolute Gasteiger partial charge is 0.481 e. The Morgan fingerprint density at radius 3 is 2.50 bits per heavy atom. The molecule has 2 amide bonds. The Labute approximate surface area is 96.0 Å². The first-order chi connectivity index (χ1) is 7.52. The molecule has 0 aromatic rings. The molecule has 0 aromatic heterocycles. The highest BCUT2D eigenvalue weighted by Crippen LogP contribution is 1.99. The van der Waals surface area contributed by atoms with Gasteiger partial charge in [0.15, 0.2) is 0 Å². The van der Waals surface area contributed by atoms with Crippen LogP contribution < -0.4 is 0 Å². The van der Waals surface area contributed by atoms with E-state index in [0.29, 0.717) is 19.5 Å². The summed E-state index contributed by atoms with van der Waals surface area (Å²) < 4.78 is 0. The number of aliphatic carboxylic acids is 1. The van der Waals surface area contributed by atoms with Gasteiger partial charge in [0, 0.05) is 26.6 Å². The van der Waals surface area contributed by atoms with E-state index in [4.69, 9.17) is 11.5 Å². The van der Waals surface area contributed by atoms with Crippen LogP contribution >= 0.6 is 0 Å². The van der Waals surface area contributed by atoms with Crippen LogP contribution in [-0.4, -0.2) is 53.6 Å². The summed E-state index contributed by atoms with van der Waals surface area (Å²) in [6.45, 7) is 3.09. The normalized spacial score (nSPS) is 9.31. The summed E-state index contributed by atoms with van der Waals surface area (Å²) in [7, 11) is 1.64. The van der Waals surface area contributed by atoms with Crippen LogP contribution in [0.4, 0.5) is 4.79 Å². The summed E-state index contributed by atoms with van der Waals surface area (Å²) in [5.74, 6) is 1.56. The van der Waals surface area contributed by atoms with Gasteiger partial charge in [0.2, 0.25) is 0 Å². The monoisotopic (exact) mass is 226 g/mol. The third kappa shape index (κ3) is 5.25. The first-order valence-corrected chi connectivity index (χ1v) is 5.18. The van der Waals surface area contributed by atoms with E-state index in [2.05, 4.69) is 5.92 Å². The number of carboxylic acids is 1. The second-order valence-corrected chi connectivity index (χ2v) is 3.42. The molecule has 0 radical (unpaired) electrons. The number of carboxylic acid groups (broad SMARTS) is 1. The number of carbonyl (C=O) groups is 2. The van der Waals surface area contributed by atoms with E-state index in [0.717, 1.165) is 0 Å². The smallest absolute Gasteiger partial charge is 0.320 e. The molecule has 0 aliphatic heterocycles. The molecule has 90 valence electrons. The maximum Gasteiger partial charge on any atom is 0.320 e. The van der Waals surface area contributed by atoms with Crippen molar-refractivity contribution in [1.82, 2.24) is 9.80 Å². The van der Waals surface area contributed by atoms with Gasteiger partial charge in [-0.25, -0.2) is 4.79 Å². The van der Waals surface area contributed by atoms with Crippen molar-refractivity contribution in [3.8, 4) is 12.3 Å². The third-order valence-corrected chi connectivity index (χ3v) is 2.15. The third-order valence-electron chi connectivity index (χ3n) is 2.15. The minimum absolute atomic E-state index is 0.0683. The SMILES string of the molecule is C#CCN(CC)C(=O)N(C)CCCC(=O)O. The zero-order chi connectivity index (χ0) is 12.6. The van der Waals surface area contributed by atoms with Crippen LogP contribution in [0.15, 0.2) is 0 Å². The standard InChI is InChI=1S/C11H18N2O3/c1-4-8-13(5-2)11(16)12(3)9-6-7-10(14)15/h1H,5-9H2,2-3H3,(H,14,15). The summed E-state index contributed by atoms with van der Waals surface area (Å²) in [6.07, 6.45) is 5.66. The van der Waals surface area contributed by atoms with Gasteiger partial charge in [0.25, 0.3) is 0 Å². The van der Waals surface area contributed by atoms with Gasteiger partial charge in [0.05, 0.1) is 6.54 Å². The minimum Gasteiger partial charge on any atom is -0.481 e. The molecule has 0 aliphatic carbocycles. The van der Waals surface area contributed by atoms with Crippen LogP contribution in [0.5, 0.6) is 0 Å². The van der Waals surface area contributed by atoms with Crippen LogP contribution in [0.25, 0.3) is 0 Å². The first-order valence-electron chi connectivity index (χ1n) is 5.18. The molecule has 0 atom stereocenters. The molecule has 0 heterocycles. The van der Waals surface area contributed by atoms with Gasteiger partial charge in [-0.2, -0.15) is 0 Å². The highest BCUT2D eigenvalue weighted by molar-refractivity contribution is 5.74. The Morgan fingerprint density at radius 1 is 1.44 bits per heavy atom. The van der Waals surface area contributed by atoms with Gasteiger partial charge in [-0.05, 0) is 13.3 Å². The van der Waals surface area contributed by atoms with Gasteiger partial charge in [0.1, 0.15) is 0 Å². The number of nitrogens with zero attached hydrogens (tertiary/aromatic N) is 2. The number of rotatable bonds is 6. The lowest BCUT2D eigenvalue weighted by molar-refractivity contribution is -0.137. The maximum atomic E-state index is 11.7. The molecule has 5 heteroatoms. The quantitative estimate of drug-likeness (QED) is 0.683. The Balaban J connectivity index is 4.06. The van der Waals surface area contributed by atoms with Crippen molar-refractivity contribution >= 4 is 12.0 Å². The van der Waals surface area contributed by atoms with E-state index in [9.17, 15) is 9.59 Å². The summed E-state index contributed by atoms with van der Waals surface area (Å²) in [5.41, 5.74) is 0. The molecule has 0 spiro atoms. The van der Waals surface area contributed by atoms with Gasteiger partial charge in [-0.15, -0.1) is 6.42 Å². The summed E-state index contributed by atoms with van der Waals surface area (Å²) >= 11 is 0. The van der Waals surface area contributed by atoms with Crippen LogP contribution in [0.1, 0.15) is 19.8 Å². The number of terminal acetylenes is 1. The fraction of sp³-hybridized carbons (Fsp3) is 0.636. The average molecular weight is 226 g/mol. The number of carbonyl (C=O) groups excluding carboxylic acids is 1. The first kappa shape index (κ1) is 14.3. The van der Waals surface area contributed by atoms with Crippen LogP contribution in [0.3, 0.4) is 0 Å². The molecule has 0 saturated carbocycles. The molecule has 5 nitrogen and oxygen atoms in total. The molecule has 1 N–H and O–H groups in total. The second kappa shape index (κ2) is 7.57. The molecule has 16 heavy (non-hydrogen) atoms. The van der Waals surface area contributed by atoms with E-state index in [1.54, 1.807) is 7.05 Å². The molecule has 0 saturated heterocycles. The van der Waals surface area contributed by atoms with E-state index in [1.807, 2.05) is 6.92 Å². The van der Waals surface area contributed by atoms with Crippen LogP contribution in [0.2, 0.25) is 0 Å². The fourth-order valence-corrected chi connectivity index (χ4v) is 1.23. The van der Waals surface area contributed by atoms with Crippen molar-refractivity contribution in [2.45, 2.75) is 19.8 Å². The Bertz CT molecular complexity index is 283. The highest BCUT2D eigenvalue weighted by Gasteiger charge is 2.15. The number of hydrogen-bond donors (Lipinski definition) is 1. The van der Waals surface area contributed by atoms with Gasteiger partial charge in [-0.3, -0.25) is 4.79 Å². The number of hydrogen-bond acceptors (Lipinski definition) is 2. The van der Waals surface area contributed by atoms with Crippen molar-refractivity contribution in [3.63, 3.8) is 0 Å². The predicted octanol–water partition coefficient (Wildman–Crippen LogP) is 0.858. The summed E-state index contributed by atoms with van der Waals surface area (Å²) in [6, 6.07) is -0.161. The molecular weight excluding hydrogens is 208 g/mol. The predicted molar refractivity (Wildman–Crippen MR) is 61.0 cm³/mol. The Hall–Kier alpha value is -1.70. The van der Waals surface area contributed by atoms with Crippen LogP contribution in [-0.2, 0) is 4.79 Å². The molecule has 0 unspecified atom stereocenters. The molecule has 0 fully saturated rings. The van der Waals surface area contributed by atoms with Crippen molar-refractivity contribution in [2.75, 3.05) is 26.7 Å². The van der Waals surface area contributed by atoms with E-state index < -0.39 is 5.97 Å². The number of amides is 2. The lowest BCUT2D eigenvalue weighted by Crippen LogP contribution is -2.41. The minimum atomic E-state index is -0.850. The molecular formula is C11H18N2O3. The Morgan fingerprint density at radius 2 is 2.06 bits per heavy atom. The molecule has 0 bridgehead atoms. The highest BCUT2D eigenvalue weighted by atomic mass is 16.4. The zero-order valence-electron chi connectivity index (χ0n) is 9.77. The Kier molecular flexibility index (Phi) is 6.77. The van der Waals surface area contributed by atoms with E-state index in [-0.39, 0.29) is 19.0 Å². The molecule has 0 aromatic carbocycles. The number of urea groups is 1. The van der Waals surface area contributed by atoms with Gasteiger partial charge in [-0.1, -0.05) is 5.92 Å². The second-order valence-electron chi connectivity index (χ2n) is 3.42. The zero-order valence-corrected chi connectivity index (χ0v) is 9.77. The van der Waals surface area contributed by atoms with Crippen molar-refractivity contribution in [1.29, 1.82) is 0 Å². The van der Waals surface area contributed by atoms with Crippen LogP contribution in [0, 0.1) is 12.3 Å². The lowest BCUT2D eigenvalue weighted by atomic mass is 10.3. The lowest BCUT2D eigenvalue weighted by Gasteiger charge is -2.25. The summed E-state index contributed by atoms with van der Waals surface area (Å²) in [5, 5.41) is 8.46. The molecule has 0 aliphatic rings.